The minimum absolute atomic E-state index is 0.0108. The summed E-state index contributed by atoms with van der Waals surface area (Å²) in [5.41, 5.74) is 0.773. The molecule has 0 saturated carbocycles. The van der Waals surface area contributed by atoms with E-state index in [1.165, 1.54) is 12.1 Å². The summed E-state index contributed by atoms with van der Waals surface area (Å²) in [4.78, 5) is 5.65. The maximum absolute atomic E-state index is 13.1. The maximum atomic E-state index is 13.1. The fraction of sp³-hybridized carbons (Fsp3) is 0.421. The van der Waals surface area contributed by atoms with Crippen molar-refractivity contribution in [1.82, 2.24) is 4.98 Å². The van der Waals surface area contributed by atoms with E-state index in [4.69, 9.17) is 11.6 Å². The molecule has 4 nitrogen and oxygen atoms in total. The van der Waals surface area contributed by atoms with E-state index < -0.39 is 11.9 Å². The minimum atomic E-state index is -4.50. The molecular formula is C19H21ClF3N3O. The number of piperidine rings is 1. The van der Waals surface area contributed by atoms with Gasteiger partial charge in [0.2, 0.25) is 0 Å². The second-order valence-electron chi connectivity index (χ2n) is 6.64. The van der Waals surface area contributed by atoms with E-state index in [1.807, 2.05) is 6.07 Å². The zero-order valence-corrected chi connectivity index (χ0v) is 15.4. The summed E-state index contributed by atoms with van der Waals surface area (Å²) in [6, 6.07) is 8.27. The topological polar surface area (TPSA) is 48.4 Å². The van der Waals surface area contributed by atoms with E-state index in [0.717, 1.165) is 37.8 Å². The Balaban J connectivity index is 1.79. The summed E-state index contributed by atoms with van der Waals surface area (Å²) < 4.78 is 39.4. The molecule has 0 unspecified atom stereocenters. The summed E-state index contributed by atoms with van der Waals surface area (Å²) in [5, 5.41) is 12.9. The van der Waals surface area contributed by atoms with Crippen LogP contribution in [0.4, 0.5) is 24.5 Å². The lowest BCUT2D eigenvalue weighted by atomic mass is 9.97. The lowest BCUT2D eigenvalue weighted by Crippen LogP contribution is -2.35. The van der Waals surface area contributed by atoms with Gasteiger partial charge in [-0.05, 0) is 43.0 Å². The summed E-state index contributed by atoms with van der Waals surface area (Å²) in [6.45, 7) is 1.73. The Morgan fingerprint density at radius 1 is 1.22 bits per heavy atom. The molecule has 3 rings (SSSR count). The highest BCUT2D eigenvalue weighted by molar-refractivity contribution is 6.31. The molecule has 0 atom stereocenters. The predicted octanol–water partition coefficient (Wildman–Crippen LogP) is 4.57. The van der Waals surface area contributed by atoms with Gasteiger partial charge in [0.05, 0.1) is 11.4 Å². The van der Waals surface area contributed by atoms with Crippen molar-refractivity contribution in [2.45, 2.75) is 25.6 Å². The summed E-state index contributed by atoms with van der Waals surface area (Å²) in [6.07, 6.45) is -1.61. The highest BCUT2D eigenvalue weighted by atomic mass is 35.5. The lowest BCUT2D eigenvalue weighted by Gasteiger charge is -2.34. The molecule has 0 spiro atoms. The molecule has 0 bridgehead atoms. The second kappa shape index (κ2) is 8.35. The van der Waals surface area contributed by atoms with E-state index >= 15 is 0 Å². The van der Waals surface area contributed by atoms with Crippen LogP contribution < -0.4 is 10.2 Å². The third-order valence-corrected chi connectivity index (χ3v) is 5.04. The Morgan fingerprint density at radius 3 is 2.63 bits per heavy atom. The molecule has 1 saturated heterocycles. The number of anilines is 2. The van der Waals surface area contributed by atoms with Crippen LogP contribution in [-0.2, 0) is 12.7 Å². The summed E-state index contributed by atoms with van der Waals surface area (Å²) in [5.74, 6) is 0.301. The first-order valence-electron chi connectivity index (χ1n) is 8.79. The van der Waals surface area contributed by atoms with Crippen LogP contribution in [0.1, 0.15) is 24.1 Å². The number of benzene rings is 1. The third-order valence-electron chi connectivity index (χ3n) is 4.80. The number of aliphatic hydroxyl groups is 1. The van der Waals surface area contributed by atoms with Gasteiger partial charge in [-0.3, -0.25) is 4.98 Å². The second-order valence-corrected chi connectivity index (χ2v) is 7.07. The third kappa shape index (κ3) is 4.84. The van der Waals surface area contributed by atoms with Gasteiger partial charge in [-0.2, -0.15) is 13.2 Å². The van der Waals surface area contributed by atoms with E-state index in [2.05, 4.69) is 15.2 Å². The van der Waals surface area contributed by atoms with Gasteiger partial charge in [-0.25, -0.2) is 0 Å². The number of hydrogen-bond donors (Lipinski definition) is 2. The Bertz CT molecular complexity index is 777. The van der Waals surface area contributed by atoms with Crippen LogP contribution >= 0.6 is 11.6 Å². The number of rotatable bonds is 5. The average molecular weight is 400 g/mol. The average Bonchev–Trinajstić information content (AvgIpc) is 2.66. The maximum Gasteiger partial charge on any atom is 0.433 e. The molecule has 0 amide bonds. The van der Waals surface area contributed by atoms with E-state index in [9.17, 15) is 18.3 Å². The van der Waals surface area contributed by atoms with Crippen LogP contribution in [0.3, 0.4) is 0 Å². The van der Waals surface area contributed by atoms with Crippen LogP contribution in [0, 0.1) is 5.92 Å². The molecule has 2 heterocycles. The molecule has 1 aliphatic rings. The van der Waals surface area contributed by atoms with Crippen molar-refractivity contribution in [3.63, 3.8) is 0 Å². The molecule has 0 aliphatic carbocycles. The highest BCUT2D eigenvalue weighted by Gasteiger charge is 2.34. The van der Waals surface area contributed by atoms with Crippen LogP contribution in [0.5, 0.6) is 0 Å². The normalized spacial score (nSPS) is 15.8. The van der Waals surface area contributed by atoms with Crippen molar-refractivity contribution in [2.24, 2.45) is 5.92 Å². The summed E-state index contributed by atoms with van der Waals surface area (Å²) in [7, 11) is 0. The van der Waals surface area contributed by atoms with Crippen LogP contribution in [0.2, 0.25) is 5.02 Å². The zero-order chi connectivity index (χ0) is 19.4. The molecule has 1 fully saturated rings. The van der Waals surface area contributed by atoms with E-state index in [0.29, 0.717) is 16.6 Å². The van der Waals surface area contributed by atoms with Gasteiger partial charge in [0, 0.05) is 43.0 Å². The van der Waals surface area contributed by atoms with Crippen molar-refractivity contribution in [2.75, 3.05) is 29.9 Å². The van der Waals surface area contributed by atoms with Crippen LogP contribution in [-0.4, -0.2) is 29.8 Å². The standard InChI is InChI=1S/C19H21ClF3N3O/c20-15-3-4-17(26-8-5-13(12-27)6-9-26)16(10-15)25-11-14-2-1-7-24-18(14)19(21,22)23/h1-4,7,10,13,25,27H,5-6,8-9,11-12H2. The van der Waals surface area contributed by atoms with Crippen molar-refractivity contribution >= 4 is 23.0 Å². The van der Waals surface area contributed by atoms with Crippen molar-refractivity contribution < 1.29 is 18.3 Å². The van der Waals surface area contributed by atoms with Gasteiger partial charge >= 0.3 is 6.18 Å². The number of halogens is 4. The fourth-order valence-corrected chi connectivity index (χ4v) is 3.48. The van der Waals surface area contributed by atoms with Gasteiger partial charge in [0.25, 0.3) is 0 Å². The molecule has 1 aromatic carbocycles. The largest absolute Gasteiger partial charge is 0.433 e. The van der Waals surface area contributed by atoms with Crippen LogP contribution in [0.25, 0.3) is 0 Å². The first-order chi connectivity index (χ1) is 12.9. The number of alkyl halides is 3. The van der Waals surface area contributed by atoms with Gasteiger partial charge < -0.3 is 15.3 Å². The molecule has 1 aromatic heterocycles. The number of pyridine rings is 1. The Labute approximate surface area is 161 Å². The number of nitrogens with one attached hydrogen (secondary N) is 1. The summed E-state index contributed by atoms with van der Waals surface area (Å²) >= 11 is 6.10. The van der Waals surface area contributed by atoms with Crippen LogP contribution in [0.15, 0.2) is 36.5 Å². The SMILES string of the molecule is OCC1CCN(c2ccc(Cl)cc2NCc2cccnc2C(F)(F)F)CC1. The number of hydrogen-bond acceptors (Lipinski definition) is 4. The minimum Gasteiger partial charge on any atom is -0.396 e. The monoisotopic (exact) mass is 399 g/mol. The van der Waals surface area contributed by atoms with Gasteiger partial charge in [-0.15, -0.1) is 0 Å². The highest BCUT2D eigenvalue weighted by Crippen LogP contribution is 2.34. The molecule has 146 valence electrons. The molecular weight excluding hydrogens is 379 g/mol. The molecule has 2 aromatic rings. The first kappa shape index (κ1) is 19.8. The van der Waals surface area contributed by atoms with E-state index in [1.54, 1.807) is 12.1 Å². The van der Waals surface area contributed by atoms with Gasteiger partial charge in [0.1, 0.15) is 5.69 Å². The number of aromatic nitrogens is 1. The van der Waals surface area contributed by atoms with E-state index in [-0.39, 0.29) is 18.7 Å². The molecule has 27 heavy (non-hydrogen) atoms. The van der Waals surface area contributed by atoms with Crippen molar-refractivity contribution in [3.8, 4) is 0 Å². The molecule has 8 heteroatoms. The molecule has 0 radical (unpaired) electrons. The zero-order valence-electron chi connectivity index (χ0n) is 14.6. The molecule has 2 N–H and O–H groups in total. The van der Waals surface area contributed by atoms with Crippen molar-refractivity contribution in [3.05, 3.63) is 52.8 Å². The Kier molecular flexibility index (Phi) is 6.11. The quantitative estimate of drug-likeness (QED) is 0.773. The van der Waals surface area contributed by atoms with Gasteiger partial charge in [0.15, 0.2) is 0 Å². The Morgan fingerprint density at radius 2 is 1.96 bits per heavy atom. The molecule has 1 aliphatic heterocycles. The lowest BCUT2D eigenvalue weighted by molar-refractivity contribution is -0.141. The predicted molar refractivity (Wildman–Crippen MR) is 100 cm³/mol. The van der Waals surface area contributed by atoms with Gasteiger partial charge in [-0.1, -0.05) is 17.7 Å². The van der Waals surface area contributed by atoms with Crippen molar-refractivity contribution in [1.29, 1.82) is 0 Å². The fourth-order valence-electron chi connectivity index (χ4n) is 3.31. The number of nitrogens with zero attached hydrogens (tertiary/aromatic N) is 2. The number of aliphatic hydroxyl groups excluding tert-OH is 1. The first-order valence-corrected chi connectivity index (χ1v) is 9.16. The Hall–Kier alpha value is -1.99. The smallest absolute Gasteiger partial charge is 0.396 e.